The van der Waals surface area contributed by atoms with E-state index in [4.69, 9.17) is 14.2 Å². The van der Waals surface area contributed by atoms with E-state index >= 15 is 0 Å². The van der Waals surface area contributed by atoms with Crippen molar-refractivity contribution in [2.45, 2.75) is 0 Å². The molecule has 0 amide bonds. The van der Waals surface area contributed by atoms with Gasteiger partial charge in [0.05, 0.1) is 25.6 Å². The third-order valence-corrected chi connectivity index (χ3v) is 4.89. The average molecular weight is 437 g/mol. The topological polar surface area (TPSA) is 52.4 Å². The van der Waals surface area contributed by atoms with E-state index in [1.165, 1.54) is 0 Å². The Labute approximate surface area is 193 Å². The lowest BCUT2D eigenvalue weighted by atomic mass is 10.2. The van der Waals surface area contributed by atoms with Crippen LogP contribution in [0.5, 0.6) is 23.0 Å². The summed E-state index contributed by atoms with van der Waals surface area (Å²) in [4.78, 5) is 9.03. The summed E-state index contributed by atoms with van der Waals surface area (Å²) in [5, 5.41) is 0. The van der Waals surface area contributed by atoms with Gasteiger partial charge in [0.25, 0.3) is 0 Å². The molecule has 33 heavy (non-hydrogen) atoms. The molecule has 4 aromatic carbocycles. The van der Waals surface area contributed by atoms with Crippen LogP contribution in [0.3, 0.4) is 0 Å². The van der Waals surface area contributed by atoms with Crippen LogP contribution in [0.2, 0.25) is 0 Å². The maximum absolute atomic E-state index is 5.94. The van der Waals surface area contributed by atoms with E-state index < -0.39 is 0 Å². The second-order valence-corrected chi connectivity index (χ2v) is 7.09. The van der Waals surface area contributed by atoms with Gasteiger partial charge in [-0.2, -0.15) is 0 Å². The minimum absolute atomic E-state index is 0.733. The summed E-state index contributed by atoms with van der Waals surface area (Å²) >= 11 is 0. The molecule has 4 aromatic rings. The molecule has 5 nitrogen and oxygen atoms in total. The molecule has 0 atom stereocenters. The Hall–Kier alpha value is -4.38. The predicted octanol–water partition coefficient (Wildman–Crippen LogP) is 7.00. The van der Waals surface area contributed by atoms with E-state index in [-0.39, 0.29) is 0 Å². The smallest absolute Gasteiger partial charge is 0.127 e. The average Bonchev–Trinajstić information content (AvgIpc) is 2.88. The fourth-order valence-electron chi connectivity index (χ4n) is 3.17. The highest BCUT2D eigenvalue weighted by molar-refractivity contribution is 5.86. The van der Waals surface area contributed by atoms with E-state index in [1.807, 2.05) is 97.1 Å². The monoisotopic (exact) mass is 436 g/mol. The molecular weight excluding hydrogens is 412 g/mol. The molecule has 4 rings (SSSR count). The lowest BCUT2D eigenvalue weighted by molar-refractivity contribution is 0.414. The number of nitrogens with zero attached hydrogens (tertiary/aromatic N) is 2. The molecule has 0 aliphatic carbocycles. The van der Waals surface area contributed by atoms with Crippen LogP contribution in [0.1, 0.15) is 11.1 Å². The first kappa shape index (κ1) is 21.8. The van der Waals surface area contributed by atoms with Crippen LogP contribution in [-0.2, 0) is 0 Å². The van der Waals surface area contributed by atoms with Gasteiger partial charge in [-0.15, -0.1) is 0 Å². The van der Waals surface area contributed by atoms with Gasteiger partial charge in [0.15, 0.2) is 0 Å². The number of ether oxygens (including phenoxy) is 3. The minimum Gasteiger partial charge on any atom is -0.496 e. The second kappa shape index (κ2) is 10.8. The van der Waals surface area contributed by atoms with Crippen LogP contribution in [0.4, 0.5) is 11.4 Å². The van der Waals surface area contributed by atoms with Crippen LogP contribution in [0.15, 0.2) is 107 Å². The second-order valence-electron chi connectivity index (χ2n) is 7.09. The number of methoxy groups -OCH3 is 2. The molecule has 0 aliphatic rings. The van der Waals surface area contributed by atoms with Gasteiger partial charge in [-0.25, -0.2) is 0 Å². The fraction of sp³-hybridized carbons (Fsp3) is 0.0714. The van der Waals surface area contributed by atoms with E-state index in [0.717, 1.165) is 45.5 Å². The Morgan fingerprint density at radius 1 is 0.515 bits per heavy atom. The van der Waals surface area contributed by atoms with Crippen LogP contribution in [-0.4, -0.2) is 26.6 Å². The Morgan fingerprint density at radius 3 is 1.30 bits per heavy atom. The molecule has 0 aliphatic heterocycles. The van der Waals surface area contributed by atoms with Gasteiger partial charge in [0.1, 0.15) is 23.0 Å². The zero-order valence-electron chi connectivity index (χ0n) is 18.5. The van der Waals surface area contributed by atoms with Crippen molar-refractivity contribution in [1.82, 2.24) is 0 Å². The van der Waals surface area contributed by atoms with Crippen LogP contribution >= 0.6 is 0 Å². The predicted molar refractivity (Wildman–Crippen MR) is 133 cm³/mol. The summed E-state index contributed by atoms with van der Waals surface area (Å²) in [7, 11) is 3.30. The Kier molecular flexibility index (Phi) is 7.13. The van der Waals surface area contributed by atoms with Crippen molar-refractivity contribution >= 4 is 23.8 Å². The maximum atomic E-state index is 5.94. The molecule has 0 saturated heterocycles. The van der Waals surface area contributed by atoms with Crippen molar-refractivity contribution in [1.29, 1.82) is 0 Å². The molecule has 5 heteroatoms. The van der Waals surface area contributed by atoms with E-state index in [9.17, 15) is 0 Å². The molecule has 0 spiro atoms. The zero-order valence-corrected chi connectivity index (χ0v) is 18.5. The highest BCUT2D eigenvalue weighted by atomic mass is 16.5. The summed E-state index contributed by atoms with van der Waals surface area (Å²) in [6.07, 6.45) is 3.58. The molecule has 0 aromatic heterocycles. The van der Waals surface area contributed by atoms with Crippen molar-refractivity contribution in [2.75, 3.05) is 14.2 Å². The number of rotatable bonds is 8. The highest BCUT2D eigenvalue weighted by Crippen LogP contribution is 2.26. The molecule has 0 saturated carbocycles. The molecule has 164 valence electrons. The standard InChI is InChI=1S/C28H24N2O3/c1-31-27-9-5-3-7-21(27)19-29-23-11-15-25(16-12-23)33-26-17-13-24(14-18-26)30-20-22-8-4-6-10-28(22)32-2/h3-20H,1-2H3. The van der Waals surface area contributed by atoms with Crippen molar-refractivity contribution in [3.63, 3.8) is 0 Å². The fourth-order valence-corrected chi connectivity index (χ4v) is 3.17. The lowest BCUT2D eigenvalue weighted by Gasteiger charge is -2.06. The molecule has 0 fully saturated rings. The summed E-state index contributed by atoms with van der Waals surface area (Å²) < 4.78 is 16.6. The summed E-state index contributed by atoms with van der Waals surface area (Å²) in [5.74, 6) is 3.04. The Balaban J connectivity index is 1.38. The van der Waals surface area contributed by atoms with E-state index in [1.54, 1.807) is 26.6 Å². The normalized spacial score (nSPS) is 11.1. The van der Waals surface area contributed by atoms with Gasteiger partial charge >= 0.3 is 0 Å². The van der Waals surface area contributed by atoms with Crippen LogP contribution < -0.4 is 14.2 Å². The van der Waals surface area contributed by atoms with E-state index in [0.29, 0.717) is 0 Å². The Morgan fingerprint density at radius 2 is 0.909 bits per heavy atom. The molecule has 0 radical (unpaired) electrons. The zero-order chi connectivity index (χ0) is 22.9. The third-order valence-electron chi connectivity index (χ3n) is 4.89. The first-order valence-corrected chi connectivity index (χ1v) is 10.5. The molecule has 0 bridgehead atoms. The van der Waals surface area contributed by atoms with Gasteiger partial charge in [-0.1, -0.05) is 24.3 Å². The van der Waals surface area contributed by atoms with Gasteiger partial charge < -0.3 is 14.2 Å². The number of aliphatic imine (C=N–C) groups is 2. The van der Waals surface area contributed by atoms with Crippen LogP contribution in [0, 0.1) is 0 Å². The van der Waals surface area contributed by atoms with E-state index in [2.05, 4.69) is 9.98 Å². The number of hydrogen-bond donors (Lipinski definition) is 0. The van der Waals surface area contributed by atoms with Crippen molar-refractivity contribution < 1.29 is 14.2 Å². The maximum Gasteiger partial charge on any atom is 0.127 e. The molecular formula is C28H24N2O3. The molecule has 0 heterocycles. The van der Waals surface area contributed by atoms with Crippen molar-refractivity contribution in [3.8, 4) is 23.0 Å². The summed E-state index contributed by atoms with van der Waals surface area (Å²) in [6, 6.07) is 30.7. The highest BCUT2D eigenvalue weighted by Gasteiger charge is 2.01. The van der Waals surface area contributed by atoms with Gasteiger partial charge in [-0.3, -0.25) is 9.98 Å². The van der Waals surface area contributed by atoms with Gasteiger partial charge in [-0.05, 0) is 72.8 Å². The summed E-state index contributed by atoms with van der Waals surface area (Å²) in [6.45, 7) is 0. The first-order valence-electron chi connectivity index (χ1n) is 10.5. The Bertz CT molecular complexity index is 1150. The largest absolute Gasteiger partial charge is 0.496 e. The minimum atomic E-state index is 0.733. The first-order chi connectivity index (χ1) is 16.2. The third kappa shape index (κ3) is 5.86. The summed E-state index contributed by atoms with van der Waals surface area (Å²) in [5.41, 5.74) is 3.51. The SMILES string of the molecule is COc1ccccc1C=Nc1ccc(Oc2ccc(N=Cc3ccccc3OC)cc2)cc1. The quantitative estimate of drug-likeness (QED) is 0.280. The van der Waals surface area contributed by atoms with Crippen molar-refractivity contribution in [3.05, 3.63) is 108 Å². The number of para-hydroxylation sites is 2. The lowest BCUT2D eigenvalue weighted by Crippen LogP contribution is -1.89. The molecule has 0 unspecified atom stereocenters. The van der Waals surface area contributed by atoms with Gasteiger partial charge in [0, 0.05) is 23.6 Å². The van der Waals surface area contributed by atoms with Gasteiger partial charge in [0.2, 0.25) is 0 Å². The van der Waals surface area contributed by atoms with Crippen molar-refractivity contribution in [2.24, 2.45) is 9.98 Å². The number of hydrogen-bond acceptors (Lipinski definition) is 5. The number of benzene rings is 4. The van der Waals surface area contributed by atoms with Crippen LogP contribution in [0.25, 0.3) is 0 Å². The molecule has 0 N–H and O–H groups in total.